The third-order valence-corrected chi connectivity index (χ3v) is 2.98. The number of carbonyl (C=O) groups excluding carboxylic acids is 1. The number of rotatable bonds is 3. The largest absolute Gasteiger partial charge is 0.480 e. The molecule has 4 nitrogen and oxygen atoms in total. The molecule has 12 heavy (non-hydrogen) atoms. The number of ketones is 1. The number of hydrogen-bond acceptors (Lipinski definition) is 4. The van der Waals surface area contributed by atoms with Crippen LogP contribution in [0.1, 0.15) is 13.3 Å². The van der Waals surface area contributed by atoms with Gasteiger partial charge in [0.1, 0.15) is 11.4 Å². The lowest BCUT2D eigenvalue weighted by Crippen LogP contribution is -2.39. The predicted molar refractivity (Wildman–Crippen MR) is 46.1 cm³/mol. The van der Waals surface area contributed by atoms with Crippen LogP contribution in [0.2, 0.25) is 0 Å². The lowest BCUT2D eigenvalue weighted by atomic mass is 10.3. The SMILES string of the molecule is CCC(=O)C1NC(C(=O)O)CS1. The third-order valence-electron chi connectivity index (χ3n) is 1.72. The highest BCUT2D eigenvalue weighted by atomic mass is 32.2. The summed E-state index contributed by atoms with van der Waals surface area (Å²) < 4.78 is 0. The minimum Gasteiger partial charge on any atom is -0.480 e. The molecule has 0 bridgehead atoms. The molecule has 5 heteroatoms. The van der Waals surface area contributed by atoms with Gasteiger partial charge in [-0.25, -0.2) is 0 Å². The van der Waals surface area contributed by atoms with E-state index in [0.717, 1.165) is 0 Å². The molecule has 2 atom stereocenters. The monoisotopic (exact) mass is 189 g/mol. The summed E-state index contributed by atoms with van der Waals surface area (Å²) in [5, 5.41) is 11.0. The van der Waals surface area contributed by atoms with Crippen LogP contribution in [0.5, 0.6) is 0 Å². The normalized spacial score (nSPS) is 28.8. The molecule has 0 aliphatic carbocycles. The summed E-state index contributed by atoms with van der Waals surface area (Å²) in [5.41, 5.74) is 0. The van der Waals surface area contributed by atoms with Gasteiger partial charge in [-0.3, -0.25) is 14.9 Å². The van der Waals surface area contributed by atoms with Gasteiger partial charge in [-0.2, -0.15) is 0 Å². The molecule has 1 aliphatic rings. The van der Waals surface area contributed by atoms with Gasteiger partial charge in [-0.05, 0) is 0 Å². The summed E-state index contributed by atoms with van der Waals surface area (Å²) in [4.78, 5) is 21.6. The van der Waals surface area contributed by atoms with E-state index < -0.39 is 12.0 Å². The minimum absolute atomic E-state index is 0.0729. The van der Waals surface area contributed by atoms with Gasteiger partial charge in [0.05, 0.1) is 0 Å². The number of hydrogen-bond donors (Lipinski definition) is 2. The van der Waals surface area contributed by atoms with Crippen molar-refractivity contribution in [2.24, 2.45) is 0 Å². The Morgan fingerprint density at radius 3 is 2.75 bits per heavy atom. The predicted octanol–water partition coefficient (Wildman–Crippen LogP) is 0.0812. The maximum atomic E-state index is 11.1. The molecule has 68 valence electrons. The Morgan fingerprint density at radius 1 is 1.67 bits per heavy atom. The summed E-state index contributed by atoms with van der Waals surface area (Å²) in [6.07, 6.45) is 0.455. The van der Waals surface area contributed by atoms with Gasteiger partial charge >= 0.3 is 5.97 Å². The zero-order valence-corrected chi connectivity index (χ0v) is 7.56. The van der Waals surface area contributed by atoms with E-state index in [1.807, 2.05) is 0 Å². The van der Waals surface area contributed by atoms with Crippen LogP contribution in [0.4, 0.5) is 0 Å². The summed E-state index contributed by atoms with van der Waals surface area (Å²) in [6, 6.07) is -0.560. The fourth-order valence-corrected chi connectivity index (χ4v) is 2.22. The Balaban J connectivity index is 2.45. The number of Topliss-reactive ketones (excluding diaryl/α,β-unsaturated/α-hetero) is 1. The van der Waals surface area contributed by atoms with E-state index in [1.54, 1.807) is 6.92 Å². The zero-order chi connectivity index (χ0) is 9.14. The van der Waals surface area contributed by atoms with E-state index in [0.29, 0.717) is 12.2 Å². The molecule has 0 aromatic rings. The van der Waals surface area contributed by atoms with Crippen LogP contribution in [0.25, 0.3) is 0 Å². The molecule has 0 aromatic heterocycles. The summed E-state index contributed by atoms with van der Waals surface area (Å²) in [5.74, 6) is -0.330. The Hall–Kier alpha value is -0.550. The number of aliphatic carboxylic acids is 1. The van der Waals surface area contributed by atoms with Gasteiger partial charge in [0.25, 0.3) is 0 Å². The van der Waals surface area contributed by atoms with Crippen LogP contribution in [0.3, 0.4) is 0 Å². The van der Waals surface area contributed by atoms with Crippen LogP contribution in [0, 0.1) is 0 Å². The first-order valence-corrected chi connectivity index (χ1v) is 4.83. The topological polar surface area (TPSA) is 66.4 Å². The van der Waals surface area contributed by atoms with Crippen molar-refractivity contribution < 1.29 is 14.7 Å². The van der Waals surface area contributed by atoms with E-state index >= 15 is 0 Å². The highest BCUT2D eigenvalue weighted by Crippen LogP contribution is 2.20. The van der Waals surface area contributed by atoms with E-state index in [2.05, 4.69) is 5.32 Å². The van der Waals surface area contributed by atoms with Gasteiger partial charge in [0.2, 0.25) is 0 Å². The molecule has 1 aliphatic heterocycles. The van der Waals surface area contributed by atoms with Gasteiger partial charge in [0, 0.05) is 12.2 Å². The van der Waals surface area contributed by atoms with Crippen LogP contribution in [0.15, 0.2) is 0 Å². The fraction of sp³-hybridized carbons (Fsp3) is 0.714. The first kappa shape index (κ1) is 9.54. The standard InChI is InChI=1S/C7H11NO3S/c1-2-5(9)6-8-4(3-12-6)7(10)11/h4,6,8H,2-3H2,1H3,(H,10,11). The molecule has 0 saturated carbocycles. The molecule has 0 amide bonds. The number of carboxylic acid groups (broad SMARTS) is 1. The molecule has 1 heterocycles. The second kappa shape index (κ2) is 3.91. The second-order valence-corrected chi connectivity index (χ2v) is 3.73. The van der Waals surface area contributed by atoms with Crippen molar-refractivity contribution in [2.45, 2.75) is 24.8 Å². The fourth-order valence-electron chi connectivity index (χ4n) is 0.985. The summed E-state index contributed by atoms with van der Waals surface area (Å²) in [7, 11) is 0. The maximum Gasteiger partial charge on any atom is 0.321 e. The second-order valence-electron chi connectivity index (χ2n) is 2.59. The number of thioether (sulfide) groups is 1. The van der Waals surface area contributed by atoms with Crippen molar-refractivity contribution >= 4 is 23.5 Å². The average molecular weight is 189 g/mol. The maximum absolute atomic E-state index is 11.1. The summed E-state index contributed by atoms with van der Waals surface area (Å²) >= 11 is 1.37. The highest BCUT2D eigenvalue weighted by Gasteiger charge is 2.32. The molecule has 0 aromatic carbocycles. The molecule has 0 radical (unpaired) electrons. The molecule has 0 spiro atoms. The van der Waals surface area contributed by atoms with Crippen molar-refractivity contribution in [1.29, 1.82) is 0 Å². The molecule has 2 N–H and O–H groups in total. The van der Waals surface area contributed by atoms with Crippen LogP contribution in [-0.4, -0.2) is 34.0 Å². The smallest absolute Gasteiger partial charge is 0.321 e. The Morgan fingerprint density at radius 2 is 2.33 bits per heavy atom. The lowest BCUT2D eigenvalue weighted by Gasteiger charge is -2.07. The van der Waals surface area contributed by atoms with Crippen molar-refractivity contribution in [3.63, 3.8) is 0 Å². The Labute approximate surface area is 74.7 Å². The summed E-state index contributed by atoms with van der Waals surface area (Å²) in [6.45, 7) is 1.78. The van der Waals surface area contributed by atoms with Gasteiger partial charge in [-0.1, -0.05) is 6.92 Å². The van der Waals surface area contributed by atoms with Crippen molar-refractivity contribution in [3.05, 3.63) is 0 Å². The van der Waals surface area contributed by atoms with Crippen molar-refractivity contribution in [3.8, 4) is 0 Å². The van der Waals surface area contributed by atoms with Crippen molar-refractivity contribution in [1.82, 2.24) is 5.32 Å². The Kier molecular flexibility index (Phi) is 3.11. The van der Waals surface area contributed by atoms with Gasteiger partial charge < -0.3 is 5.11 Å². The minimum atomic E-state index is -0.881. The molecule has 1 rings (SSSR count). The van der Waals surface area contributed by atoms with Crippen LogP contribution >= 0.6 is 11.8 Å². The lowest BCUT2D eigenvalue weighted by molar-refractivity contribution is -0.138. The van der Waals surface area contributed by atoms with Crippen LogP contribution < -0.4 is 5.32 Å². The van der Waals surface area contributed by atoms with Crippen molar-refractivity contribution in [2.75, 3.05) is 5.75 Å². The average Bonchev–Trinajstić information content (AvgIpc) is 2.51. The van der Waals surface area contributed by atoms with Crippen LogP contribution in [-0.2, 0) is 9.59 Å². The van der Waals surface area contributed by atoms with E-state index in [-0.39, 0.29) is 11.2 Å². The van der Waals surface area contributed by atoms with Gasteiger partial charge in [0.15, 0.2) is 5.78 Å². The number of carboxylic acids is 1. The highest BCUT2D eigenvalue weighted by molar-refractivity contribution is 8.00. The van der Waals surface area contributed by atoms with E-state index in [4.69, 9.17) is 5.11 Å². The quantitative estimate of drug-likeness (QED) is 0.658. The molecular formula is C7H11NO3S. The first-order valence-electron chi connectivity index (χ1n) is 3.78. The molecular weight excluding hydrogens is 178 g/mol. The zero-order valence-electron chi connectivity index (χ0n) is 6.74. The number of carbonyl (C=O) groups is 2. The van der Waals surface area contributed by atoms with Gasteiger partial charge in [-0.15, -0.1) is 11.8 Å². The first-order chi connectivity index (χ1) is 5.65. The Bertz CT molecular complexity index is 207. The number of nitrogens with one attached hydrogen (secondary N) is 1. The molecule has 1 saturated heterocycles. The van der Waals surface area contributed by atoms with E-state index in [1.165, 1.54) is 11.8 Å². The molecule has 1 fully saturated rings. The third kappa shape index (κ3) is 1.98. The van der Waals surface area contributed by atoms with E-state index in [9.17, 15) is 9.59 Å². The molecule has 2 unspecified atom stereocenters.